The van der Waals surface area contributed by atoms with Crippen LogP contribution in [0.2, 0.25) is 0 Å². The van der Waals surface area contributed by atoms with Crippen LogP contribution in [0.15, 0.2) is 54.6 Å². The van der Waals surface area contributed by atoms with E-state index in [1.54, 1.807) is 7.11 Å². The fourth-order valence-electron chi connectivity index (χ4n) is 3.32. The highest BCUT2D eigenvalue weighted by molar-refractivity contribution is 6.48. The van der Waals surface area contributed by atoms with Gasteiger partial charge in [-0.2, -0.15) is 0 Å². The van der Waals surface area contributed by atoms with Gasteiger partial charge >= 0.3 is 7.12 Å². The summed E-state index contributed by atoms with van der Waals surface area (Å²) in [6, 6.07) is 17.1. The molecule has 3 rings (SSSR count). The van der Waals surface area contributed by atoms with Crippen LogP contribution in [0.1, 0.15) is 55.9 Å². The van der Waals surface area contributed by atoms with Gasteiger partial charge in [-0.25, -0.2) is 0 Å². The summed E-state index contributed by atoms with van der Waals surface area (Å²) in [5.74, 6) is 0.522. The lowest BCUT2D eigenvalue weighted by Gasteiger charge is -2.32. The van der Waals surface area contributed by atoms with Crippen molar-refractivity contribution in [3.8, 4) is 5.75 Å². The lowest BCUT2D eigenvalue weighted by Crippen LogP contribution is -2.41. The third-order valence-electron chi connectivity index (χ3n) is 5.64. The molecule has 0 aromatic heterocycles. The largest absolute Gasteiger partial charge is 0.496 e. The van der Waals surface area contributed by atoms with Gasteiger partial charge in [-0.1, -0.05) is 48.5 Å². The molecule has 0 radical (unpaired) electrons. The monoisotopic (exact) mass is 366 g/mol. The molecule has 0 bridgehead atoms. The van der Waals surface area contributed by atoms with Crippen LogP contribution < -0.4 is 4.74 Å². The fraction of sp³-hybridized carbons (Fsp3) is 0.409. The number of carbonyl (C=O) groups is 1. The number of benzene rings is 2. The quantitative estimate of drug-likeness (QED) is 0.550. The Labute approximate surface area is 162 Å². The van der Waals surface area contributed by atoms with Crippen LogP contribution in [0.5, 0.6) is 5.75 Å². The predicted octanol–water partition coefficient (Wildman–Crippen LogP) is 4.68. The molecule has 1 aliphatic rings. The van der Waals surface area contributed by atoms with Gasteiger partial charge in [0.1, 0.15) is 5.75 Å². The first-order chi connectivity index (χ1) is 12.7. The molecule has 4 nitrogen and oxygen atoms in total. The maximum absolute atomic E-state index is 13.0. The zero-order valence-corrected chi connectivity index (χ0v) is 16.7. The van der Waals surface area contributed by atoms with Crippen molar-refractivity contribution in [2.45, 2.75) is 51.1 Å². The van der Waals surface area contributed by atoms with Crippen molar-refractivity contribution in [1.29, 1.82) is 0 Å². The van der Waals surface area contributed by atoms with E-state index >= 15 is 0 Å². The molecule has 142 valence electrons. The van der Waals surface area contributed by atoms with Crippen LogP contribution in [0.25, 0.3) is 0 Å². The van der Waals surface area contributed by atoms with Crippen molar-refractivity contribution in [3.05, 3.63) is 65.7 Å². The highest BCUT2D eigenvalue weighted by atomic mass is 16.7. The number of methoxy groups -OCH3 is 1. The summed E-state index contributed by atoms with van der Waals surface area (Å²) in [6.45, 7) is 8.08. The highest BCUT2D eigenvalue weighted by Gasteiger charge is 2.54. The molecule has 2 aromatic rings. The van der Waals surface area contributed by atoms with Crippen molar-refractivity contribution in [2.24, 2.45) is 0 Å². The average molecular weight is 366 g/mol. The van der Waals surface area contributed by atoms with Gasteiger partial charge in [0.2, 0.25) is 0 Å². The number of Topliss-reactive ketones (excluding diaryl/α,β-unsaturated/α-hetero) is 1. The van der Waals surface area contributed by atoms with Crippen LogP contribution in [0.3, 0.4) is 0 Å². The fourth-order valence-corrected chi connectivity index (χ4v) is 3.32. The second-order valence-electron chi connectivity index (χ2n) is 7.97. The van der Waals surface area contributed by atoms with E-state index in [-0.39, 0.29) is 18.0 Å². The topological polar surface area (TPSA) is 44.8 Å². The Balaban J connectivity index is 1.96. The van der Waals surface area contributed by atoms with Gasteiger partial charge in [-0.05, 0) is 39.3 Å². The Morgan fingerprint density at radius 3 is 2.11 bits per heavy atom. The first-order valence-electron chi connectivity index (χ1n) is 9.32. The van der Waals surface area contributed by atoms with E-state index in [9.17, 15) is 4.79 Å². The molecule has 27 heavy (non-hydrogen) atoms. The molecule has 1 unspecified atom stereocenters. The number of ether oxygens (including phenoxy) is 1. The van der Waals surface area contributed by atoms with Gasteiger partial charge in [0, 0.05) is 17.8 Å². The van der Waals surface area contributed by atoms with Crippen molar-refractivity contribution >= 4 is 12.9 Å². The number of ketones is 1. The molecule has 1 heterocycles. The third kappa shape index (κ3) is 3.94. The SMILES string of the molecule is COc1ccccc1C(CC(=O)c1ccccc1)B1OC(C)(C)C(C)(C)O1. The van der Waals surface area contributed by atoms with Gasteiger partial charge in [-0.15, -0.1) is 0 Å². The molecule has 0 spiro atoms. The lowest BCUT2D eigenvalue weighted by molar-refractivity contribution is 0.00578. The molecular weight excluding hydrogens is 339 g/mol. The third-order valence-corrected chi connectivity index (χ3v) is 5.64. The number of para-hydroxylation sites is 1. The minimum Gasteiger partial charge on any atom is -0.496 e. The molecule has 1 aliphatic heterocycles. The predicted molar refractivity (Wildman–Crippen MR) is 107 cm³/mol. The van der Waals surface area contributed by atoms with E-state index in [4.69, 9.17) is 14.0 Å². The molecule has 0 N–H and O–H groups in total. The Morgan fingerprint density at radius 2 is 1.52 bits per heavy atom. The molecule has 0 amide bonds. The summed E-state index contributed by atoms with van der Waals surface area (Å²) in [5.41, 5.74) is 0.679. The van der Waals surface area contributed by atoms with E-state index in [1.165, 1.54) is 0 Å². The Bertz CT molecular complexity index is 785. The highest BCUT2D eigenvalue weighted by Crippen LogP contribution is 2.43. The minimum atomic E-state index is -0.529. The summed E-state index contributed by atoms with van der Waals surface area (Å²) in [6.07, 6.45) is 0.279. The summed E-state index contributed by atoms with van der Waals surface area (Å²) >= 11 is 0. The van der Waals surface area contributed by atoms with Crippen LogP contribution in [-0.4, -0.2) is 31.2 Å². The van der Waals surface area contributed by atoms with Crippen LogP contribution in [0, 0.1) is 0 Å². The summed E-state index contributed by atoms with van der Waals surface area (Å²) < 4.78 is 18.1. The van der Waals surface area contributed by atoms with Crippen molar-refractivity contribution in [2.75, 3.05) is 7.11 Å². The number of rotatable bonds is 6. The zero-order chi connectivity index (χ0) is 19.7. The normalized spacial score (nSPS) is 18.9. The van der Waals surface area contributed by atoms with Crippen molar-refractivity contribution < 1.29 is 18.8 Å². The summed E-state index contributed by atoms with van der Waals surface area (Å²) in [5, 5.41) is 0. The number of carbonyl (C=O) groups excluding carboxylic acids is 1. The Kier molecular flexibility index (Phi) is 5.45. The summed E-state index contributed by atoms with van der Waals surface area (Å²) in [4.78, 5) is 13.0. The Morgan fingerprint density at radius 1 is 0.963 bits per heavy atom. The smallest absolute Gasteiger partial charge is 0.466 e. The van der Waals surface area contributed by atoms with E-state index < -0.39 is 18.3 Å². The standard InChI is InChI=1S/C22H27BO4/c1-21(2)22(3,4)27-23(26-21)18(17-13-9-10-14-20(17)25-5)15-19(24)16-11-7-6-8-12-16/h6-14,18H,15H2,1-5H3. The zero-order valence-electron chi connectivity index (χ0n) is 16.7. The Hall–Kier alpha value is -2.11. The molecule has 1 atom stereocenters. The van der Waals surface area contributed by atoms with Crippen LogP contribution in [0.4, 0.5) is 0 Å². The van der Waals surface area contributed by atoms with Gasteiger partial charge in [-0.3, -0.25) is 4.79 Å². The molecule has 5 heteroatoms. The molecule has 2 aromatic carbocycles. The van der Waals surface area contributed by atoms with Gasteiger partial charge in [0.15, 0.2) is 5.78 Å². The molecule has 1 saturated heterocycles. The second-order valence-corrected chi connectivity index (χ2v) is 7.97. The molecular formula is C22H27BO4. The van der Waals surface area contributed by atoms with Crippen molar-refractivity contribution in [1.82, 2.24) is 0 Å². The van der Waals surface area contributed by atoms with E-state index in [1.807, 2.05) is 82.3 Å². The van der Waals surface area contributed by atoms with Gasteiger partial charge < -0.3 is 14.0 Å². The van der Waals surface area contributed by atoms with E-state index in [0.717, 1.165) is 11.3 Å². The van der Waals surface area contributed by atoms with Gasteiger partial charge in [0.25, 0.3) is 0 Å². The lowest BCUT2D eigenvalue weighted by atomic mass is 9.65. The molecule has 0 saturated carbocycles. The van der Waals surface area contributed by atoms with Crippen LogP contribution >= 0.6 is 0 Å². The first-order valence-corrected chi connectivity index (χ1v) is 9.32. The maximum Gasteiger partial charge on any atom is 0.466 e. The van der Waals surface area contributed by atoms with Crippen molar-refractivity contribution in [3.63, 3.8) is 0 Å². The van der Waals surface area contributed by atoms with Crippen LogP contribution in [-0.2, 0) is 9.31 Å². The average Bonchev–Trinajstić information content (AvgIpc) is 2.87. The summed E-state index contributed by atoms with van der Waals surface area (Å²) in [7, 11) is 1.11. The molecule has 1 fully saturated rings. The van der Waals surface area contributed by atoms with Gasteiger partial charge in [0.05, 0.1) is 18.3 Å². The number of hydrogen-bond acceptors (Lipinski definition) is 4. The second kappa shape index (κ2) is 7.49. The first kappa shape index (κ1) is 19.7. The number of hydrogen-bond donors (Lipinski definition) is 0. The molecule has 0 aliphatic carbocycles. The maximum atomic E-state index is 13.0. The van der Waals surface area contributed by atoms with E-state index in [2.05, 4.69) is 0 Å². The van der Waals surface area contributed by atoms with E-state index in [0.29, 0.717) is 5.56 Å². The minimum absolute atomic E-state index is 0.0567.